The number of nitrogens with one attached hydrogen (secondary N) is 1. The molecular weight excluding hydrogens is 363 g/mol. The highest BCUT2D eigenvalue weighted by molar-refractivity contribution is 8.00. The lowest BCUT2D eigenvalue weighted by Crippen LogP contribution is -2.19. The predicted octanol–water partition coefficient (Wildman–Crippen LogP) is 3.55. The van der Waals surface area contributed by atoms with E-state index < -0.39 is 32.2 Å². The molecule has 2 aromatic carbocycles. The first kappa shape index (κ1) is 18.3. The summed E-state index contributed by atoms with van der Waals surface area (Å²) in [4.78, 5) is 11.5. The largest absolute Gasteiger partial charge is 0.341 e. The van der Waals surface area contributed by atoms with Gasteiger partial charge in [-0.05, 0) is 24.3 Å². The monoisotopic (exact) mass is 375 g/mol. The number of carbonyl (C=O) groups excluding carboxylic acids is 1. The maximum absolute atomic E-state index is 13.5. The predicted molar refractivity (Wildman–Crippen MR) is 85.4 cm³/mol. The third-order valence-electron chi connectivity index (χ3n) is 2.90. The molecule has 2 rings (SSSR count). The first-order valence-corrected chi connectivity index (χ1v) is 9.14. The first-order valence-electron chi connectivity index (χ1n) is 6.60. The Morgan fingerprint density at radius 1 is 1.08 bits per heavy atom. The van der Waals surface area contributed by atoms with Crippen molar-refractivity contribution in [1.29, 1.82) is 0 Å². The van der Waals surface area contributed by atoms with E-state index in [-0.39, 0.29) is 16.3 Å². The molecule has 0 unspecified atom stereocenters. The number of benzene rings is 2. The van der Waals surface area contributed by atoms with Gasteiger partial charge in [0.15, 0.2) is 0 Å². The molecule has 0 radical (unpaired) electrons. The average molecular weight is 375 g/mol. The number of sulfone groups is 1. The van der Waals surface area contributed by atoms with E-state index in [0.717, 1.165) is 17.8 Å². The van der Waals surface area contributed by atoms with Crippen LogP contribution >= 0.6 is 11.8 Å². The van der Waals surface area contributed by atoms with E-state index in [1.165, 1.54) is 36.4 Å². The van der Waals surface area contributed by atoms with Crippen molar-refractivity contribution in [3.8, 4) is 0 Å². The summed E-state index contributed by atoms with van der Waals surface area (Å²) in [6.45, 7) is 0. The van der Waals surface area contributed by atoms with Crippen LogP contribution in [0.5, 0.6) is 0 Å². The topological polar surface area (TPSA) is 63.2 Å². The van der Waals surface area contributed by atoms with Gasteiger partial charge in [0.1, 0.15) is 5.82 Å². The Morgan fingerprint density at radius 2 is 1.71 bits per heavy atom. The number of anilines is 1. The summed E-state index contributed by atoms with van der Waals surface area (Å²) in [5.41, 5.74) is -0.239. The average Bonchev–Trinajstić information content (AvgIpc) is 2.54. The molecule has 0 aliphatic heterocycles. The van der Waals surface area contributed by atoms with E-state index in [1.807, 2.05) is 0 Å². The van der Waals surface area contributed by atoms with Crippen molar-refractivity contribution < 1.29 is 26.4 Å². The summed E-state index contributed by atoms with van der Waals surface area (Å²) in [6.07, 6.45) is 0. The van der Waals surface area contributed by atoms with Crippen LogP contribution in [0.25, 0.3) is 0 Å². The standard InChI is InChI=1S/C15H12F3NO3S2/c16-10-5-1-3-7-12(10)23-9-14(20)19-11-6-2-4-8-13(11)24(21,22)15(17)18/h1-8,15H,9H2,(H,19,20). The molecule has 0 saturated heterocycles. The van der Waals surface area contributed by atoms with Crippen molar-refractivity contribution in [3.63, 3.8) is 0 Å². The Labute approximate surface area is 141 Å². The molecule has 0 aliphatic rings. The number of thioether (sulfide) groups is 1. The van der Waals surface area contributed by atoms with Crippen LogP contribution in [0, 0.1) is 5.82 Å². The van der Waals surface area contributed by atoms with Crippen molar-refractivity contribution in [2.45, 2.75) is 15.5 Å². The molecule has 9 heteroatoms. The van der Waals surface area contributed by atoms with Crippen LogP contribution in [0.4, 0.5) is 18.9 Å². The van der Waals surface area contributed by atoms with Crippen LogP contribution in [0.3, 0.4) is 0 Å². The van der Waals surface area contributed by atoms with E-state index in [4.69, 9.17) is 0 Å². The van der Waals surface area contributed by atoms with Gasteiger partial charge in [-0.1, -0.05) is 24.3 Å². The zero-order valence-electron chi connectivity index (χ0n) is 12.1. The van der Waals surface area contributed by atoms with Crippen LogP contribution in [-0.4, -0.2) is 25.8 Å². The summed E-state index contributed by atoms with van der Waals surface area (Å²) in [6, 6.07) is 10.7. The fourth-order valence-corrected chi connectivity index (χ4v) is 3.43. The summed E-state index contributed by atoms with van der Waals surface area (Å²) < 4.78 is 62.0. The van der Waals surface area contributed by atoms with E-state index in [1.54, 1.807) is 6.07 Å². The van der Waals surface area contributed by atoms with E-state index in [9.17, 15) is 26.4 Å². The molecule has 0 saturated carbocycles. The van der Waals surface area contributed by atoms with Crippen LogP contribution in [0.15, 0.2) is 58.3 Å². The zero-order chi connectivity index (χ0) is 17.7. The van der Waals surface area contributed by atoms with Gasteiger partial charge < -0.3 is 5.32 Å². The summed E-state index contributed by atoms with van der Waals surface area (Å²) >= 11 is 0.909. The van der Waals surface area contributed by atoms with Gasteiger partial charge in [0.25, 0.3) is 0 Å². The molecule has 0 atom stereocenters. The number of hydrogen-bond acceptors (Lipinski definition) is 4. The van der Waals surface area contributed by atoms with Gasteiger partial charge in [-0.3, -0.25) is 4.79 Å². The Hall–Kier alpha value is -2.00. The third kappa shape index (κ3) is 4.30. The third-order valence-corrected chi connectivity index (χ3v) is 5.38. The van der Waals surface area contributed by atoms with E-state index in [0.29, 0.717) is 0 Å². The minimum atomic E-state index is -4.84. The SMILES string of the molecule is O=C(CSc1ccccc1F)Nc1ccccc1S(=O)(=O)C(F)F. The number of halogens is 3. The van der Waals surface area contributed by atoms with Crippen molar-refractivity contribution in [3.05, 3.63) is 54.3 Å². The molecule has 128 valence electrons. The molecule has 0 heterocycles. The zero-order valence-corrected chi connectivity index (χ0v) is 13.7. The second-order valence-electron chi connectivity index (χ2n) is 4.57. The minimum Gasteiger partial charge on any atom is -0.324 e. The van der Waals surface area contributed by atoms with Gasteiger partial charge in [-0.15, -0.1) is 11.8 Å². The number of amides is 1. The van der Waals surface area contributed by atoms with Gasteiger partial charge in [0.2, 0.25) is 15.7 Å². The van der Waals surface area contributed by atoms with Crippen molar-refractivity contribution >= 4 is 33.2 Å². The lowest BCUT2D eigenvalue weighted by Gasteiger charge is -2.11. The van der Waals surface area contributed by atoms with Crippen molar-refractivity contribution in [1.82, 2.24) is 0 Å². The highest BCUT2D eigenvalue weighted by Gasteiger charge is 2.29. The van der Waals surface area contributed by atoms with Crippen LogP contribution in [-0.2, 0) is 14.6 Å². The van der Waals surface area contributed by atoms with Crippen LogP contribution in [0.1, 0.15) is 0 Å². The Bertz CT molecular complexity index is 841. The van der Waals surface area contributed by atoms with E-state index >= 15 is 0 Å². The van der Waals surface area contributed by atoms with Gasteiger partial charge in [0.05, 0.1) is 16.3 Å². The lowest BCUT2D eigenvalue weighted by atomic mass is 10.3. The Balaban J connectivity index is 2.12. The molecule has 24 heavy (non-hydrogen) atoms. The number of alkyl halides is 2. The summed E-state index contributed by atoms with van der Waals surface area (Å²) in [5.74, 6) is -4.93. The van der Waals surface area contributed by atoms with Gasteiger partial charge in [-0.25, -0.2) is 12.8 Å². The highest BCUT2D eigenvalue weighted by atomic mass is 32.2. The molecule has 0 spiro atoms. The molecule has 1 amide bonds. The number of carbonyl (C=O) groups is 1. The summed E-state index contributed by atoms with van der Waals surface area (Å²) in [5, 5.41) is 2.27. The Morgan fingerprint density at radius 3 is 2.38 bits per heavy atom. The Kier molecular flexibility index (Phi) is 5.89. The molecule has 0 aromatic heterocycles. The van der Waals surface area contributed by atoms with Crippen LogP contribution < -0.4 is 5.32 Å². The fraction of sp³-hybridized carbons (Fsp3) is 0.133. The van der Waals surface area contributed by atoms with Gasteiger partial charge >= 0.3 is 5.76 Å². The second kappa shape index (κ2) is 7.71. The molecule has 0 aliphatic carbocycles. The smallest absolute Gasteiger partial charge is 0.324 e. The molecule has 2 aromatic rings. The maximum Gasteiger partial charge on any atom is 0.341 e. The summed E-state index contributed by atoms with van der Waals surface area (Å²) in [7, 11) is -4.84. The van der Waals surface area contributed by atoms with Crippen molar-refractivity contribution in [2.75, 3.05) is 11.1 Å². The molecular formula is C15H12F3NO3S2. The number of rotatable bonds is 6. The molecule has 1 N–H and O–H groups in total. The first-order chi connectivity index (χ1) is 11.3. The highest BCUT2D eigenvalue weighted by Crippen LogP contribution is 2.27. The number of hydrogen-bond donors (Lipinski definition) is 1. The maximum atomic E-state index is 13.5. The normalized spacial score (nSPS) is 11.5. The van der Waals surface area contributed by atoms with Crippen LogP contribution in [0.2, 0.25) is 0 Å². The van der Waals surface area contributed by atoms with Gasteiger partial charge in [0, 0.05) is 4.90 Å². The molecule has 4 nitrogen and oxygen atoms in total. The van der Waals surface area contributed by atoms with Gasteiger partial charge in [-0.2, -0.15) is 8.78 Å². The lowest BCUT2D eigenvalue weighted by molar-refractivity contribution is -0.113. The van der Waals surface area contributed by atoms with E-state index in [2.05, 4.69) is 5.32 Å². The van der Waals surface area contributed by atoms with Crippen molar-refractivity contribution in [2.24, 2.45) is 0 Å². The quantitative estimate of drug-likeness (QED) is 0.785. The number of para-hydroxylation sites is 1. The molecule has 0 fully saturated rings. The second-order valence-corrected chi connectivity index (χ2v) is 7.47. The molecule has 0 bridgehead atoms. The minimum absolute atomic E-state index is 0.204. The fourth-order valence-electron chi connectivity index (χ4n) is 1.81.